The van der Waals surface area contributed by atoms with Crippen molar-refractivity contribution in [2.45, 2.75) is 24.4 Å². The van der Waals surface area contributed by atoms with Gasteiger partial charge in [0.15, 0.2) is 0 Å². The second kappa shape index (κ2) is 7.63. The van der Waals surface area contributed by atoms with Gasteiger partial charge in [-0.3, -0.25) is 0 Å². The molecule has 0 aliphatic rings. The number of aromatic nitrogens is 1. The van der Waals surface area contributed by atoms with E-state index in [1.165, 1.54) is 24.3 Å². The second-order valence-corrected chi connectivity index (χ2v) is 7.89. The van der Waals surface area contributed by atoms with E-state index < -0.39 is 21.8 Å². The summed E-state index contributed by atoms with van der Waals surface area (Å²) < 4.78 is 67.5. The Morgan fingerprint density at radius 2 is 1.64 bits per heavy atom. The molecule has 0 fully saturated rings. The molecule has 4 nitrogen and oxygen atoms in total. The zero-order valence-corrected chi connectivity index (χ0v) is 15.7. The third-order valence-electron chi connectivity index (χ3n) is 4.11. The highest BCUT2D eigenvalue weighted by Gasteiger charge is 2.30. The van der Waals surface area contributed by atoms with Crippen molar-refractivity contribution in [3.8, 4) is 0 Å². The van der Waals surface area contributed by atoms with Crippen LogP contribution in [0.2, 0.25) is 0 Å². The van der Waals surface area contributed by atoms with Gasteiger partial charge in [0.2, 0.25) is 0 Å². The van der Waals surface area contributed by atoms with E-state index >= 15 is 0 Å². The number of alkyl halides is 3. The van der Waals surface area contributed by atoms with Crippen LogP contribution in [0, 0.1) is 6.92 Å². The van der Waals surface area contributed by atoms with Gasteiger partial charge in [-0.25, -0.2) is 0 Å². The third-order valence-corrected chi connectivity index (χ3v) is 5.44. The molecule has 146 valence electrons. The number of benzene rings is 2. The van der Waals surface area contributed by atoms with Crippen LogP contribution in [0.5, 0.6) is 0 Å². The summed E-state index contributed by atoms with van der Waals surface area (Å²) in [6.07, 6.45) is -2.75. The van der Waals surface area contributed by atoms with Crippen LogP contribution < -0.4 is 0 Å². The molecular weight excluding hydrogens is 389 g/mol. The van der Waals surface area contributed by atoms with E-state index in [1.807, 2.05) is 6.92 Å². The van der Waals surface area contributed by atoms with Gasteiger partial charge < -0.3 is 4.98 Å². The lowest BCUT2D eigenvalue weighted by atomic mass is 10.0. The average molecular weight is 406 g/mol. The van der Waals surface area contributed by atoms with Crippen LogP contribution in [0.1, 0.15) is 22.4 Å². The highest BCUT2D eigenvalue weighted by Crippen LogP contribution is 2.29. The van der Waals surface area contributed by atoms with Crippen LogP contribution in [0.25, 0.3) is 0 Å². The number of nitrogens with zero attached hydrogens (tertiary/aromatic N) is 1. The van der Waals surface area contributed by atoms with Crippen molar-refractivity contribution in [1.82, 2.24) is 4.98 Å². The van der Waals surface area contributed by atoms with Crippen molar-refractivity contribution in [3.05, 3.63) is 89.2 Å². The Hall–Kier alpha value is -2.87. The molecule has 0 spiro atoms. The zero-order chi connectivity index (χ0) is 20.4. The minimum Gasteiger partial charge on any atom is -0.360 e. The van der Waals surface area contributed by atoms with E-state index in [2.05, 4.69) is 9.38 Å². The van der Waals surface area contributed by atoms with Gasteiger partial charge in [-0.05, 0) is 48.9 Å². The molecule has 8 heteroatoms. The average Bonchev–Trinajstić information content (AvgIpc) is 3.16. The maximum absolute atomic E-state index is 12.7. The number of hydrogen-bond donors (Lipinski definition) is 1. The van der Waals surface area contributed by atoms with Gasteiger partial charge in [-0.2, -0.15) is 26.0 Å². The SMILES string of the molecule is Cc1ccc(S(=O)(=O)/N=C(\Cc2ccc(C(F)(F)F)cc2)c2ccc[nH]2)cc1. The molecular formula is C20H17F3N2O2S. The predicted octanol–water partition coefficient (Wildman–Crippen LogP) is 4.76. The van der Waals surface area contributed by atoms with E-state index in [0.29, 0.717) is 11.3 Å². The Kier molecular flexibility index (Phi) is 5.42. The number of hydrogen-bond acceptors (Lipinski definition) is 2. The normalized spacial score (nSPS) is 12.9. The standard InChI is InChI=1S/C20H17F3N2O2S/c1-14-4-10-17(11-5-14)28(26,27)25-19(18-3-2-12-24-18)13-15-6-8-16(9-7-15)20(21,22)23/h2-12,24H,13H2,1H3/b25-19+. The molecule has 0 saturated heterocycles. The summed E-state index contributed by atoms with van der Waals surface area (Å²) in [5.41, 5.74) is 1.36. The first-order valence-electron chi connectivity index (χ1n) is 8.35. The first-order chi connectivity index (χ1) is 13.1. The van der Waals surface area contributed by atoms with Gasteiger partial charge in [0.25, 0.3) is 10.0 Å². The Balaban J connectivity index is 1.96. The number of aryl methyl sites for hydroxylation is 1. The number of sulfonamides is 1. The van der Waals surface area contributed by atoms with Crippen molar-refractivity contribution < 1.29 is 21.6 Å². The lowest BCUT2D eigenvalue weighted by Crippen LogP contribution is -2.11. The molecule has 28 heavy (non-hydrogen) atoms. The number of aromatic amines is 1. The van der Waals surface area contributed by atoms with Crippen molar-refractivity contribution in [2.24, 2.45) is 4.40 Å². The second-order valence-electron chi connectivity index (χ2n) is 6.28. The van der Waals surface area contributed by atoms with Crippen LogP contribution in [-0.4, -0.2) is 19.1 Å². The molecule has 1 heterocycles. The molecule has 3 aromatic rings. The maximum Gasteiger partial charge on any atom is 0.416 e. The van der Waals surface area contributed by atoms with Crippen LogP contribution in [0.3, 0.4) is 0 Å². The lowest BCUT2D eigenvalue weighted by molar-refractivity contribution is -0.137. The highest BCUT2D eigenvalue weighted by atomic mass is 32.2. The Bertz CT molecular complexity index is 1070. The number of halogens is 3. The van der Waals surface area contributed by atoms with Crippen molar-refractivity contribution in [3.63, 3.8) is 0 Å². The molecule has 3 rings (SSSR count). The molecule has 0 aliphatic heterocycles. The quantitative estimate of drug-likeness (QED) is 0.621. The Labute approximate surface area is 160 Å². The van der Waals surface area contributed by atoms with Gasteiger partial charge in [0, 0.05) is 12.6 Å². The van der Waals surface area contributed by atoms with Crippen LogP contribution in [0.15, 0.2) is 76.2 Å². The summed E-state index contributed by atoms with van der Waals surface area (Å²) in [6.45, 7) is 1.84. The van der Waals surface area contributed by atoms with Crippen LogP contribution >= 0.6 is 0 Å². The fourth-order valence-corrected chi connectivity index (χ4v) is 3.64. The topological polar surface area (TPSA) is 62.3 Å². The molecule has 1 aromatic heterocycles. The highest BCUT2D eigenvalue weighted by molar-refractivity contribution is 7.90. The minimum absolute atomic E-state index is 0.0505. The lowest BCUT2D eigenvalue weighted by Gasteiger charge is -2.09. The molecule has 0 unspecified atom stereocenters. The van der Waals surface area contributed by atoms with E-state index in [4.69, 9.17) is 0 Å². The molecule has 0 atom stereocenters. The van der Waals surface area contributed by atoms with Gasteiger partial charge >= 0.3 is 6.18 Å². The van der Waals surface area contributed by atoms with Crippen molar-refractivity contribution in [1.29, 1.82) is 0 Å². The molecule has 0 saturated carbocycles. The van der Waals surface area contributed by atoms with Gasteiger partial charge in [-0.1, -0.05) is 29.8 Å². The predicted molar refractivity (Wildman–Crippen MR) is 101 cm³/mol. The van der Waals surface area contributed by atoms with E-state index in [1.54, 1.807) is 30.5 Å². The van der Waals surface area contributed by atoms with Gasteiger partial charge in [0.05, 0.1) is 21.9 Å². The maximum atomic E-state index is 12.7. The van der Waals surface area contributed by atoms with E-state index in [-0.39, 0.29) is 17.0 Å². The molecule has 0 bridgehead atoms. The van der Waals surface area contributed by atoms with Crippen molar-refractivity contribution in [2.75, 3.05) is 0 Å². The summed E-state index contributed by atoms with van der Waals surface area (Å²) in [4.78, 5) is 2.95. The molecule has 0 amide bonds. The van der Waals surface area contributed by atoms with Crippen molar-refractivity contribution >= 4 is 15.7 Å². The summed E-state index contributed by atoms with van der Waals surface area (Å²) in [5, 5.41) is 0. The zero-order valence-electron chi connectivity index (χ0n) is 14.9. The van der Waals surface area contributed by atoms with Gasteiger partial charge in [0.1, 0.15) is 0 Å². The fraction of sp³-hybridized carbons (Fsp3) is 0.150. The summed E-state index contributed by atoms with van der Waals surface area (Å²) >= 11 is 0. The largest absolute Gasteiger partial charge is 0.416 e. The first-order valence-corrected chi connectivity index (χ1v) is 9.79. The number of nitrogens with one attached hydrogen (secondary N) is 1. The van der Waals surface area contributed by atoms with E-state index in [0.717, 1.165) is 17.7 Å². The van der Waals surface area contributed by atoms with E-state index in [9.17, 15) is 21.6 Å². The molecule has 1 N–H and O–H groups in total. The monoisotopic (exact) mass is 406 g/mol. The molecule has 0 aliphatic carbocycles. The fourth-order valence-electron chi connectivity index (χ4n) is 2.60. The van der Waals surface area contributed by atoms with Crippen LogP contribution in [0.4, 0.5) is 13.2 Å². The Morgan fingerprint density at radius 3 is 2.18 bits per heavy atom. The smallest absolute Gasteiger partial charge is 0.360 e. The minimum atomic E-state index is -4.43. The Morgan fingerprint density at radius 1 is 1.00 bits per heavy atom. The summed E-state index contributed by atoms with van der Waals surface area (Å²) in [6, 6.07) is 14.2. The number of H-pyrrole nitrogens is 1. The van der Waals surface area contributed by atoms with Crippen LogP contribution in [-0.2, 0) is 22.6 Å². The molecule has 0 radical (unpaired) electrons. The third kappa shape index (κ3) is 4.69. The number of rotatable bonds is 5. The molecule has 2 aromatic carbocycles. The summed E-state index contributed by atoms with van der Waals surface area (Å²) in [5.74, 6) is 0. The summed E-state index contributed by atoms with van der Waals surface area (Å²) in [7, 11) is -3.97. The van der Waals surface area contributed by atoms with Gasteiger partial charge in [-0.15, -0.1) is 0 Å². The first kappa shape index (κ1) is 19.9.